The molecule has 7 nitrogen and oxygen atoms in total. The molecule has 0 atom stereocenters. The van der Waals surface area contributed by atoms with Gasteiger partial charge in [-0.05, 0) is 12.1 Å². The van der Waals surface area contributed by atoms with Gasteiger partial charge in [0.1, 0.15) is 5.75 Å². The molecule has 0 radical (unpaired) electrons. The number of benzene rings is 1. The Labute approximate surface area is 153 Å². The van der Waals surface area contributed by atoms with Crippen LogP contribution in [0.3, 0.4) is 0 Å². The fourth-order valence-electron chi connectivity index (χ4n) is 2.70. The third-order valence-corrected chi connectivity index (χ3v) is 4.01. The molecule has 2 aromatic rings. The number of amides is 1. The number of hydrogen-bond acceptors (Lipinski definition) is 6. The summed E-state index contributed by atoms with van der Waals surface area (Å²) >= 11 is 0. The van der Waals surface area contributed by atoms with Crippen LogP contribution in [0.2, 0.25) is 0 Å². The minimum atomic E-state index is -0.0151. The first-order valence-electron chi connectivity index (χ1n) is 7.77. The molecule has 1 fully saturated rings. The van der Waals surface area contributed by atoms with Gasteiger partial charge in [-0.1, -0.05) is 12.1 Å². The predicted octanol–water partition coefficient (Wildman–Crippen LogP) is 1.88. The lowest BCUT2D eigenvalue weighted by Gasteiger charge is -2.34. The Bertz CT molecular complexity index is 721. The molecule has 1 aliphatic rings. The zero-order valence-electron chi connectivity index (χ0n) is 14.2. The van der Waals surface area contributed by atoms with Crippen LogP contribution < -0.4 is 14.4 Å². The number of para-hydroxylation sites is 1. The molecule has 25 heavy (non-hydrogen) atoms. The molecule has 0 bridgehead atoms. The topological polar surface area (TPSA) is 67.8 Å². The second kappa shape index (κ2) is 8.53. The molecule has 1 aromatic heterocycles. The van der Waals surface area contributed by atoms with E-state index < -0.39 is 0 Å². The van der Waals surface area contributed by atoms with Crippen LogP contribution in [0.1, 0.15) is 10.4 Å². The number of methoxy groups -OCH3 is 2. The highest BCUT2D eigenvalue weighted by atomic mass is 35.5. The van der Waals surface area contributed by atoms with Crippen molar-refractivity contribution in [2.45, 2.75) is 0 Å². The number of halogens is 1. The van der Waals surface area contributed by atoms with Crippen LogP contribution in [-0.4, -0.2) is 61.2 Å². The van der Waals surface area contributed by atoms with Crippen LogP contribution in [0.4, 0.5) is 5.95 Å². The molecular formula is C17H21ClN4O3. The van der Waals surface area contributed by atoms with Gasteiger partial charge in [0.05, 0.1) is 19.8 Å². The average molecular weight is 365 g/mol. The van der Waals surface area contributed by atoms with Crippen LogP contribution in [0.5, 0.6) is 11.6 Å². The highest BCUT2D eigenvalue weighted by Gasteiger charge is 2.25. The monoisotopic (exact) mass is 364 g/mol. The molecule has 1 aromatic carbocycles. The quantitative estimate of drug-likeness (QED) is 0.825. The Hall–Kier alpha value is -2.54. The van der Waals surface area contributed by atoms with Crippen molar-refractivity contribution in [2.24, 2.45) is 0 Å². The zero-order valence-corrected chi connectivity index (χ0v) is 15.0. The van der Waals surface area contributed by atoms with Crippen molar-refractivity contribution >= 4 is 24.3 Å². The molecule has 1 aliphatic heterocycles. The molecule has 134 valence electrons. The second-order valence-corrected chi connectivity index (χ2v) is 5.38. The van der Waals surface area contributed by atoms with Crippen molar-refractivity contribution < 1.29 is 14.3 Å². The van der Waals surface area contributed by atoms with Gasteiger partial charge in [-0.3, -0.25) is 4.79 Å². The highest BCUT2D eigenvalue weighted by Crippen LogP contribution is 2.21. The zero-order chi connectivity index (χ0) is 16.9. The number of nitrogens with zero attached hydrogens (tertiary/aromatic N) is 4. The lowest BCUT2D eigenvalue weighted by atomic mass is 10.1. The highest BCUT2D eigenvalue weighted by molar-refractivity contribution is 5.97. The molecule has 3 rings (SSSR count). The Kier molecular flexibility index (Phi) is 6.41. The van der Waals surface area contributed by atoms with E-state index in [4.69, 9.17) is 9.47 Å². The van der Waals surface area contributed by atoms with Crippen LogP contribution in [-0.2, 0) is 0 Å². The number of aromatic nitrogens is 2. The number of carbonyl (C=O) groups is 1. The first-order chi connectivity index (χ1) is 11.7. The predicted molar refractivity (Wildman–Crippen MR) is 96.9 cm³/mol. The summed E-state index contributed by atoms with van der Waals surface area (Å²) < 4.78 is 10.4. The van der Waals surface area contributed by atoms with E-state index >= 15 is 0 Å². The first-order valence-corrected chi connectivity index (χ1v) is 7.77. The molecule has 8 heteroatoms. The summed E-state index contributed by atoms with van der Waals surface area (Å²) in [6, 6.07) is 9.00. The molecule has 2 heterocycles. The second-order valence-electron chi connectivity index (χ2n) is 5.38. The minimum Gasteiger partial charge on any atom is -0.496 e. The fourth-order valence-corrected chi connectivity index (χ4v) is 2.70. The van der Waals surface area contributed by atoms with E-state index in [1.165, 1.54) is 0 Å². The number of anilines is 1. The largest absolute Gasteiger partial charge is 0.496 e. The molecule has 0 N–H and O–H groups in total. The van der Waals surface area contributed by atoms with Gasteiger partial charge in [0.25, 0.3) is 5.91 Å². The summed E-state index contributed by atoms with van der Waals surface area (Å²) in [5.74, 6) is 1.74. The van der Waals surface area contributed by atoms with Crippen molar-refractivity contribution in [3.05, 3.63) is 42.1 Å². The molecule has 1 amide bonds. The van der Waals surface area contributed by atoms with Crippen LogP contribution in [0.15, 0.2) is 36.5 Å². The first kappa shape index (κ1) is 18.8. The third kappa shape index (κ3) is 4.11. The molecule has 0 saturated carbocycles. The maximum atomic E-state index is 12.7. The van der Waals surface area contributed by atoms with Crippen molar-refractivity contribution in [1.82, 2.24) is 14.9 Å². The summed E-state index contributed by atoms with van der Waals surface area (Å²) in [7, 11) is 3.15. The van der Waals surface area contributed by atoms with E-state index in [0.29, 0.717) is 49.3 Å². The van der Waals surface area contributed by atoms with Crippen molar-refractivity contribution in [3.8, 4) is 11.6 Å². The van der Waals surface area contributed by atoms with Gasteiger partial charge >= 0.3 is 0 Å². The smallest absolute Gasteiger partial charge is 0.257 e. The van der Waals surface area contributed by atoms with Crippen LogP contribution >= 0.6 is 12.4 Å². The molecule has 0 spiro atoms. The summed E-state index contributed by atoms with van der Waals surface area (Å²) in [5.41, 5.74) is 0.589. The SMILES string of the molecule is COc1ccnc(N2CCN(C(=O)c3ccccc3OC)CC2)n1.Cl. The fraction of sp³-hybridized carbons (Fsp3) is 0.353. The number of rotatable bonds is 4. The van der Waals surface area contributed by atoms with Crippen molar-refractivity contribution in [2.75, 3.05) is 45.3 Å². The summed E-state index contributed by atoms with van der Waals surface area (Å²) in [6.45, 7) is 2.57. The van der Waals surface area contributed by atoms with Gasteiger partial charge in [0.15, 0.2) is 0 Å². The van der Waals surface area contributed by atoms with Gasteiger partial charge < -0.3 is 19.3 Å². The summed E-state index contributed by atoms with van der Waals surface area (Å²) in [5, 5.41) is 0. The van der Waals surface area contributed by atoms with E-state index in [1.54, 1.807) is 38.6 Å². The Morgan fingerprint density at radius 3 is 2.44 bits per heavy atom. The van der Waals surface area contributed by atoms with Gasteiger partial charge in [0, 0.05) is 38.4 Å². The van der Waals surface area contributed by atoms with Gasteiger partial charge in [-0.2, -0.15) is 4.98 Å². The van der Waals surface area contributed by atoms with Gasteiger partial charge in [-0.25, -0.2) is 4.98 Å². The van der Waals surface area contributed by atoms with E-state index in [0.717, 1.165) is 0 Å². The lowest BCUT2D eigenvalue weighted by molar-refractivity contribution is 0.0743. The number of piperazine rings is 1. The number of carbonyl (C=O) groups excluding carboxylic acids is 1. The number of ether oxygens (including phenoxy) is 2. The maximum absolute atomic E-state index is 12.7. The molecular weight excluding hydrogens is 344 g/mol. The Balaban J connectivity index is 0.00000225. The normalized spacial score (nSPS) is 13.8. The molecule has 0 aliphatic carbocycles. The van der Waals surface area contributed by atoms with E-state index in [9.17, 15) is 4.79 Å². The van der Waals surface area contributed by atoms with Crippen molar-refractivity contribution in [3.63, 3.8) is 0 Å². The maximum Gasteiger partial charge on any atom is 0.257 e. The minimum absolute atomic E-state index is 0. The molecule has 1 saturated heterocycles. The lowest BCUT2D eigenvalue weighted by Crippen LogP contribution is -2.49. The summed E-state index contributed by atoms with van der Waals surface area (Å²) in [6.07, 6.45) is 1.67. The van der Waals surface area contributed by atoms with Gasteiger partial charge in [0.2, 0.25) is 11.8 Å². The Morgan fingerprint density at radius 1 is 1.04 bits per heavy atom. The van der Waals surface area contributed by atoms with E-state index in [-0.39, 0.29) is 18.3 Å². The molecule has 0 unspecified atom stereocenters. The van der Waals surface area contributed by atoms with E-state index in [1.807, 2.05) is 17.0 Å². The van der Waals surface area contributed by atoms with Crippen LogP contribution in [0, 0.1) is 0 Å². The third-order valence-electron chi connectivity index (χ3n) is 4.01. The van der Waals surface area contributed by atoms with Gasteiger partial charge in [-0.15, -0.1) is 12.4 Å². The van der Waals surface area contributed by atoms with Crippen molar-refractivity contribution in [1.29, 1.82) is 0 Å². The standard InChI is InChI=1S/C17H20N4O3.ClH/c1-23-14-6-4-3-5-13(14)16(22)20-9-11-21(12-10-20)17-18-8-7-15(19-17)24-2;/h3-8H,9-12H2,1-2H3;1H. The average Bonchev–Trinajstić information content (AvgIpc) is 2.67. The number of hydrogen-bond donors (Lipinski definition) is 0. The van der Waals surface area contributed by atoms with E-state index in [2.05, 4.69) is 14.9 Å². The van der Waals surface area contributed by atoms with Crippen LogP contribution in [0.25, 0.3) is 0 Å². The Morgan fingerprint density at radius 2 is 1.76 bits per heavy atom. The summed E-state index contributed by atoms with van der Waals surface area (Å²) in [4.78, 5) is 25.2.